The minimum atomic E-state index is -0.399. The van der Waals surface area contributed by atoms with Crippen LogP contribution in [0.5, 0.6) is 0 Å². The molecule has 1 heterocycles. The van der Waals surface area contributed by atoms with Crippen molar-refractivity contribution in [1.82, 2.24) is 0 Å². The number of nitrogens with one attached hydrogen (secondary N) is 1. The number of carbonyl (C=O) groups excluding carboxylic acids is 1. The van der Waals surface area contributed by atoms with Crippen LogP contribution in [0.15, 0.2) is 39.0 Å². The maximum absolute atomic E-state index is 13.0. The van der Waals surface area contributed by atoms with Crippen molar-refractivity contribution in [2.45, 2.75) is 4.90 Å². The van der Waals surface area contributed by atoms with Gasteiger partial charge in [0.05, 0.1) is 10.6 Å². The molecule has 2 aromatic rings. The number of rotatable bonds is 2. The molecule has 0 saturated carbocycles. The lowest BCUT2D eigenvalue weighted by molar-refractivity contribution is 0.103. The molecule has 0 saturated heterocycles. The Kier molecular flexibility index (Phi) is 3.86. The Bertz CT molecular complexity index is 570. The van der Waals surface area contributed by atoms with Crippen LogP contribution in [0.25, 0.3) is 0 Å². The maximum atomic E-state index is 13.0. The summed E-state index contributed by atoms with van der Waals surface area (Å²) in [6.45, 7) is 0. The van der Waals surface area contributed by atoms with Crippen molar-refractivity contribution in [3.8, 4) is 0 Å². The quantitative estimate of drug-likeness (QED) is 0.794. The van der Waals surface area contributed by atoms with Gasteiger partial charge in [-0.25, -0.2) is 4.39 Å². The van der Waals surface area contributed by atoms with Gasteiger partial charge in [-0.15, -0.1) is 24.0 Å². The van der Waals surface area contributed by atoms with E-state index >= 15 is 0 Å². The fourth-order valence-electron chi connectivity index (χ4n) is 1.22. The van der Waals surface area contributed by atoms with E-state index in [1.807, 2.05) is 0 Å². The topological polar surface area (TPSA) is 29.1 Å². The molecule has 1 N–H and O–H groups in total. The molecule has 0 fully saturated rings. The van der Waals surface area contributed by atoms with E-state index in [2.05, 4.69) is 33.9 Å². The van der Waals surface area contributed by atoms with Crippen molar-refractivity contribution in [3.05, 3.63) is 44.8 Å². The van der Waals surface area contributed by atoms with Crippen molar-refractivity contribution in [2.24, 2.45) is 0 Å². The van der Waals surface area contributed by atoms with E-state index < -0.39 is 5.82 Å². The Morgan fingerprint density at radius 3 is 2.82 bits per heavy atom. The molecule has 0 unspecified atom stereocenters. The average Bonchev–Trinajstić information content (AvgIpc) is 2.70. The van der Waals surface area contributed by atoms with Crippen molar-refractivity contribution in [3.63, 3.8) is 0 Å². The Morgan fingerprint density at radius 2 is 2.18 bits per heavy atom. The van der Waals surface area contributed by atoms with Gasteiger partial charge in [-0.3, -0.25) is 4.79 Å². The van der Waals surface area contributed by atoms with E-state index in [0.29, 0.717) is 15.0 Å². The number of hydrogen-bond acceptors (Lipinski definition) is 3. The lowest BCUT2D eigenvalue weighted by Gasteiger charge is -2.05. The maximum Gasteiger partial charge on any atom is 0.265 e. The fraction of sp³-hybridized carbons (Fsp3) is 0. The van der Waals surface area contributed by atoms with E-state index in [1.165, 1.54) is 23.5 Å². The first-order valence-corrected chi connectivity index (χ1v) is 6.72. The van der Waals surface area contributed by atoms with Gasteiger partial charge in [0.1, 0.15) is 5.82 Å². The fourth-order valence-corrected chi connectivity index (χ4v) is 2.61. The van der Waals surface area contributed by atoms with Crippen molar-refractivity contribution >= 4 is 51.5 Å². The van der Waals surface area contributed by atoms with Crippen LogP contribution < -0.4 is 5.32 Å². The summed E-state index contributed by atoms with van der Waals surface area (Å²) < 4.78 is 13.7. The van der Waals surface area contributed by atoms with E-state index in [0.717, 1.165) is 4.90 Å². The standard InChI is InChI=1S/C11H7BrFNOS2/c12-8-2-1-6(13)3-9(8)14-11(15)10-4-7(16)5-17-10/h1-5,16H,(H,14,15). The van der Waals surface area contributed by atoms with Crippen LogP contribution in [0, 0.1) is 5.82 Å². The summed E-state index contributed by atoms with van der Waals surface area (Å²) in [5.41, 5.74) is 0.407. The van der Waals surface area contributed by atoms with Crippen molar-refractivity contribution in [2.75, 3.05) is 5.32 Å². The Balaban J connectivity index is 2.21. The molecule has 0 spiro atoms. The van der Waals surface area contributed by atoms with E-state index in [1.54, 1.807) is 17.5 Å². The van der Waals surface area contributed by atoms with Gasteiger partial charge in [0.15, 0.2) is 0 Å². The second-order valence-electron chi connectivity index (χ2n) is 3.25. The SMILES string of the molecule is O=C(Nc1cc(F)ccc1Br)c1cc(S)cs1. The summed E-state index contributed by atoms with van der Waals surface area (Å²) in [6.07, 6.45) is 0. The van der Waals surface area contributed by atoms with Gasteiger partial charge in [0, 0.05) is 14.7 Å². The van der Waals surface area contributed by atoms with E-state index in [9.17, 15) is 9.18 Å². The zero-order valence-electron chi connectivity index (χ0n) is 8.41. The molecule has 88 valence electrons. The number of benzene rings is 1. The van der Waals surface area contributed by atoms with E-state index in [4.69, 9.17) is 0 Å². The molecule has 0 bridgehead atoms. The Morgan fingerprint density at radius 1 is 1.41 bits per heavy atom. The van der Waals surface area contributed by atoms with Gasteiger partial charge in [-0.05, 0) is 40.2 Å². The molecule has 17 heavy (non-hydrogen) atoms. The predicted molar refractivity (Wildman–Crippen MR) is 73.6 cm³/mol. The van der Waals surface area contributed by atoms with Crippen LogP contribution in [0.1, 0.15) is 9.67 Å². The van der Waals surface area contributed by atoms with Crippen LogP contribution in [0.2, 0.25) is 0 Å². The summed E-state index contributed by atoms with van der Waals surface area (Å²) in [5.74, 6) is -0.675. The largest absolute Gasteiger partial charge is 0.320 e. The molecule has 1 aromatic heterocycles. The third-order valence-electron chi connectivity index (χ3n) is 1.99. The van der Waals surface area contributed by atoms with Gasteiger partial charge in [-0.2, -0.15) is 0 Å². The van der Waals surface area contributed by atoms with Crippen LogP contribution in [0.4, 0.5) is 10.1 Å². The molecule has 0 aliphatic carbocycles. The summed E-state index contributed by atoms with van der Waals surface area (Å²) in [4.78, 5) is 13.1. The molecule has 1 amide bonds. The van der Waals surface area contributed by atoms with E-state index in [-0.39, 0.29) is 5.91 Å². The molecular formula is C11H7BrFNOS2. The molecule has 0 aliphatic heterocycles. The number of thiol groups is 1. The third-order valence-corrected chi connectivity index (χ3v) is 4.04. The number of halogens is 2. The zero-order chi connectivity index (χ0) is 12.4. The Labute approximate surface area is 115 Å². The first-order valence-electron chi connectivity index (χ1n) is 4.60. The normalized spacial score (nSPS) is 10.3. The van der Waals surface area contributed by atoms with Gasteiger partial charge in [0.2, 0.25) is 0 Å². The lowest BCUT2D eigenvalue weighted by atomic mass is 10.3. The van der Waals surface area contributed by atoms with Crippen LogP contribution in [-0.2, 0) is 0 Å². The van der Waals surface area contributed by atoms with Crippen molar-refractivity contribution in [1.29, 1.82) is 0 Å². The average molecular weight is 332 g/mol. The zero-order valence-corrected chi connectivity index (χ0v) is 11.7. The Hall–Kier alpha value is -0.850. The van der Waals surface area contributed by atoms with Crippen LogP contribution in [-0.4, -0.2) is 5.91 Å². The number of anilines is 1. The summed E-state index contributed by atoms with van der Waals surface area (Å²) in [6, 6.07) is 5.79. The summed E-state index contributed by atoms with van der Waals surface area (Å²) in [7, 11) is 0. The third kappa shape index (κ3) is 3.08. The van der Waals surface area contributed by atoms with Gasteiger partial charge in [-0.1, -0.05) is 0 Å². The highest BCUT2D eigenvalue weighted by Gasteiger charge is 2.10. The minimum Gasteiger partial charge on any atom is -0.320 e. The highest BCUT2D eigenvalue weighted by Crippen LogP contribution is 2.25. The molecule has 2 nitrogen and oxygen atoms in total. The molecule has 2 rings (SSSR count). The van der Waals surface area contributed by atoms with Gasteiger partial charge in [0.25, 0.3) is 5.91 Å². The second-order valence-corrected chi connectivity index (χ2v) is 5.53. The predicted octanol–water partition coefficient (Wildman–Crippen LogP) is 4.19. The highest BCUT2D eigenvalue weighted by atomic mass is 79.9. The van der Waals surface area contributed by atoms with Crippen LogP contribution >= 0.6 is 39.9 Å². The molecule has 1 aromatic carbocycles. The molecule has 0 aliphatic rings. The highest BCUT2D eigenvalue weighted by molar-refractivity contribution is 9.10. The summed E-state index contributed by atoms with van der Waals surface area (Å²) in [5, 5.41) is 4.39. The number of amides is 1. The molecule has 0 radical (unpaired) electrons. The lowest BCUT2D eigenvalue weighted by Crippen LogP contribution is -2.10. The summed E-state index contributed by atoms with van der Waals surface area (Å²) >= 11 is 8.66. The second kappa shape index (κ2) is 5.20. The minimum absolute atomic E-state index is 0.276. The molecular weight excluding hydrogens is 325 g/mol. The first kappa shape index (κ1) is 12.6. The van der Waals surface area contributed by atoms with Gasteiger partial charge < -0.3 is 5.32 Å². The molecule has 6 heteroatoms. The number of thiophene rings is 1. The van der Waals surface area contributed by atoms with Crippen LogP contribution in [0.3, 0.4) is 0 Å². The van der Waals surface area contributed by atoms with Crippen molar-refractivity contribution < 1.29 is 9.18 Å². The number of carbonyl (C=O) groups is 1. The monoisotopic (exact) mass is 331 g/mol. The smallest absolute Gasteiger partial charge is 0.265 e. The number of hydrogen-bond donors (Lipinski definition) is 2. The molecule has 0 atom stereocenters. The first-order chi connectivity index (χ1) is 8.06. The van der Waals surface area contributed by atoms with Gasteiger partial charge >= 0.3 is 0 Å².